The first kappa shape index (κ1) is 12.2. The lowest BCUT2D eigenvalue weighted by Crippen LogP contribution is -2.31. The van der Waals surface area contributed by atoms with Crippen molar-refractivity contribution in [2.45, 2.75) is 19.2 Å². The van der Waals surface area contributed by atoms with E-state index in [1.54, 1.807) is 11.0 Å². The SMILES string of the molecule is CCN(CC)C(=O)c1cccc(CBr)n1. The average Bonchev–Trinajstić information content (AvgIpc) is 2.30. The van der Waals surface area contributed by atoms with Gasteiger partial charge in [-0.3, -0.25) is 4.79 Å². The average molecular weight is 271 g/mol. The topological polar surface area (TPSA) is 33.2 Å². The van der Waals surface area contributed by atoms with Crippen molar-refractivity contribution in [1.82, 2.24) is 9.88 Å². The maximum absolute atomic E-state index is 11.9. The van der Waals surface area contributed by atoms with E-state index >= 15 is 0 Å². The predicted octanol–water partition coefficient (Wildman–Crippen LogP) is 2.46. The summed E-state index contributed by atoms with van der Waals surface area (Å²) < 4.78 is 0. The number of carbonyl (C=O) groups is 1. The van der Waals surface area contributed by atoms with Crippen molar-refractivity contribution >= 4 is 21.8 Å². The molecular weight excluding hydrogens is 256 g/mol. The number of pyridine rings is 1. The number of carbonyl (C=O) groups excluding carboxylic acids is 1. The Balaban J connectivity index is 2.90. The molecular formula is C11H15BrN2O. The van der Waals surface area contributed by atoms with Crippen LogP contribution in [0.15, 0.2) is 18.2 Å². The van der Waals surface area contributed by atoms with E-state index in [1.165, 1.54) is 0 Å². The zero-order valence-corrected chi connectivity index (χ0v) is 10.6. The van der Waals surface area contributed by atoms with Crippen LogP contribution in [0.2, 0.25) is 0 Å². The van der Waals surface area contributed by atoms with E-state index in [1.807, 2.05) is 26.0 Å². The number of alkyl halides is 1. The third-order valence-electron chi connectivity index (χ3n) is 2.21. The Bertz CT molecular complexity index is 337. The van der Waals surface area contributed by atoms with Gasteiger partial charge in [-0.05, 0) is 26.0 Å². The van der Waals surface area contributed by atoms with E-state index in [0.717, 1.165) is 18.8 Å². The van der Waals surface area contributed by atoms with E-state index in [9.17, 15) is 4.79 Å². The molecule has 0 unspecified atom stereocenters. The van der Waals surface area contributed by atoms with Gasteiger partial charge in [0, 0.05) is 18.4 Å². The van der Waals surface area contributed by atoms with E-state index < -0.39 is 0 Å². The Kier molecular flexibility index (Phi) is 4.75. The van der Waals surface area contributed by atoms with Gasteiger partial charge in [-0.25, -0.2) is 4.98 Å². The Morgan fingerprint density at radius 2 is 2.07 bits per heavy atom. The number of hydrogen-bond acceptors (Lipinski definition) is 2. The van der Waals surface area contributed by atoms with Crippen molar-refractivity contribution in [3.8, 4) is 0 Å². The Hall–Kier alpha value is -0.900. The molecule has 82 valence electrons. The van der Waals surface area contributed by atoms with Crippen LogP contribution in [0.25, 0.3) is 0 Å². The lowest BCUT2D eigenvalue weighted by Gasteiger charge is -2.18. The molecule has 0 bridgehead atoms. The molecule has 1 rings (SSSR count). The van der Waals surface area contributed by atoms with Gasteiger partial charge >= 0.3 is 0 Å². The quantitative estimate of drug-likeness (QED) is 0.788. The molecule has 0 saturated carbocycles. The highest BCUT2D eigenvalue weighted by molar-refractivity contribution is 9.08. The predicted molar refractivity (Wildman–Crippen MR) is 64.1 cm³/mol. The van der Waals surface area contributed by atoms with Crippen LogP contribution in [0.5, 0.6) is 0 Å². The fourth-order valence-corrected chi connectivity index (χ4v) is 1.66. The minimum Gasteiger partial charge on any atom is -0.338 e. The summed E-state index contributed by atoms with van der Waals surface area (Å²) in [6.45, 7) is 5.37. The molecule has 1 amide bonds. The van der Waals surface area contributed by atoms with Gasteiger partial charge in [-0.15, -0.1) is 0 Å². The molecule has 0 spiro atoms. The Labute approximate surface area is 98.6 Å². The fraction of sp³-hybridized carbons (Fsp3) is 0.455. The van der Waals surface area contributed by atoms with Crippen molar-refractivity contribution in [3.63, 3.8) is 0 Å². The summed E-state index contributed by atoms with van der Waals surface area (Å²) in [7, 11) is 0. The Morgan fingerprint density at radius 3 is 2.60 bits per heavy atom. The minimum atomic E-state index is 0.00259. The van der Waals surface area contributed by atoms with E-state index in [0.29, 0.717) is 11.0 Å². The van der Waals surface area contributed by atoms with Crippen molar-refractivity contribution in [3.05, 3.63) is 29.6 Å². The van der Waals surface area contributed by atoms with Crippen molar-refractivity contribution in [1.29, 1.82) is 0 Å². The fourth-order valence-electron chi connectivity index (χ4n) is 1.35. The minimum absolute atomic E-state index is 0.00259. The molecule has 1 heterocycles. The van der Waals surface area contributed by atoms with Crippen LogP contribution in [0, 0.1) is 0 Å². The molecule has 3 nitrogen and oxygen atoms in total. The highest BCUT2D eigenvalue weighted by Crippen LogP contribution is 2.06. The normalized spacial score (nSPS) is 10.1. The first-order valence-electron chi connectivity index (χ1n) is 5.04. The lowest BCUT2D eigenvalue weighted by molar-refractivity contribution is 0.0767. The van der Waals surface area contributed by atoms with E-state index in [-0.39, 0.29) is 5.91 Å². The monoisotopic (exact) mass is 270 g/mol. The zero-order valence-electron chi connectivity index (χ0n) is 9.03. The number of amides is 1. The summed E-state index contributed by atoms with van der Waals surface area (Å²) in [6, 6.07) is 5.51. The summed E-state index contributed by atoms with van der Waals surface area (Å²) in [5.41, 5.74) is 1.41. The molecule has 0 aliphatic heterocycles. The highest BCUT2D eigenvalue weighted by atomic mass is 79.9. The first-order valence-corrected chi connectivity index (χ1v) is 6.16. The van der Waals surface area contributed by atoms with Gasteiger partial charge in [0.15, 0.2) is 0 Å². The van der Waals surface area contributed by atoms with Gasteiger partial charge in [0.05, 0.1) is 5.69 Å². The maximum atomic E-state index is 11.9. The third-order valence-corrected chi connectivity index (χ3v) is 2.79. The molecule has 0 radical (unpaired) electrons. The Morgan fingerprint density at radius 1 is 1.40 bits per heavy atom. The van der Waals surface area contributed by atoms with Gasteiger partial charge in [-0.1, -0.05) is 22.0 Å². The largest absolute Gasteiger partial charge is 0.338 e. The number of halogens is 1. The van der Waals surface area contributed by atoms with Gasteiger partial charge in [-0.2, -0.15) is 0 Å². The second kappa shape index (κ2) is 5.85. The molecule has 0 aromatic carbocycles. The summed E-state index contributed by atoms with van der Waals surface area (Å²) >= 11 is 3.32. The number of hydrogen-bond donors (Lipinski definition) is 0. The molecule has 0 aliphatic carbocycles. The zero-order chi connectivity index (χ0) is 11.3. The van der Waals surface area contributed by atoms with Crippen LogP contribution >= 0.6 is 15.9 Å². The van der Waals surface area contributed by atoms with E-state index in [4.69, 9.17) is 0 Å². The molecule has 0 atom stereocenters. The summed E-state index contributed by atoms with van der Waals surface area (Å²) in [4.78, 5) is 18.0. The molecule has 1 aromatic rings. The first-order chi connectivity index (χ1) is 7.22. The second-order valence-corrected chi connectivity index (χ2v) is 3.69. The summed E-state index contributed by atoms with van der Waals surface area (Å²) in [5.74, 6) is 0.00259. The molecule has 0 aliphatic rings. The van der Waals surface area contributed by atoms with Crippen molar-refractivity contribution in [2.75, 3.05) is 13.1 Å². The highest BCUT2D eigenvalue weighted by Gasteiger charge is 2.13. The van der Waals surface area contributed by atoms with Gasteiger partial charge < -0.3 is 4.90 Å². The van der Waals surface area contributed by atoms with Gasteiger partial charge in [0.2, 0.25) is 0 Å². The summed E-state index contributed by atoms with van der Waals surface area (Å²) in [6.07, 6.45) is 0. The maximum Gasteiger partial charge on any atom is 0.272 e. The molecule has 1 aromatic heterocycles. The standard InChI is InChI=1S/C11H15BrN2O/c1-3-14(4-2)11(15)10-7-5-6-9(8-12)13-10/h5-7H,3-4,8H2,1-2H3. The molecule has 0 N–H and O–H groups in total. The smallest absolute Gasteiger partial charge is 0.272 e. The van der Waals surface area contributed by atoms with Crippen LogP contribution < -0.4 is 0 Å². The van der Waals surface area contributed by atoms with Crippen LogP contribution in [0.1, 0.15) is 30.0 Å². The van der Waals surface area contributed by atoms with Crippen LogP contribution in [0.3, 0.4) is 0 Å². The number of aromatic nitrogens is 1. The van der Waals surface area contributed by atoms with Crippen molar-refractivity contribution < 1.29 is 4.79 Å². The van der Waals surface area contributed by atoms with Crippen molar-refractivity contribution in [2.24, 2.45) is 0 Å². The van der Waals surface area contributed by atoms with Gasteiger partial charge in [0.25, 0.3) is 5.91 Å². The molecule has 4 heteroatoms. The van der Waals surface area contributed by atoms with Crippen LogP contribution in [-0.2, 0) is 5.33 Å². The molecule has 0 saturated heterocycles. The van der Waals surface area contributed by atoms with Crippen LogP contribution in [0.4, 0.5) is 0 Å². The van der Waals surface area contributed by atoms with Gasteiger partial charge in [0.1, 0.15) is 5.69 Å². The third kappa shape index (κ3) is 3.02. The lowest BCUT2D eigenvalue weighted by atomic mass is 10.3. The molecule has 0 fully saturated rings. The second-order valence-electron chi connectivity index (χ2n) is 3.13. The number of nitrogens with zero attached hydrogens (tertiary/aromatic N) is 2. The molecule has 15 heavy (non-hydrogen) atoms. The summed E-state index contributed by atoms with van der Waals surface area (Å²) in [5, 5.41) is 0.673. The van der Waals surface area contributed by atoms with E-state index in [2.05, 4.69) is 20.9 Å². The number of rotatable bonds is 4. The van der Waals surface area contributed by atoms with Crippen LogP contribution in [-0.4, -0.2) is 28.9 Å².